The fourth-order valence-corrected chi connectivity index (χ4v) is 2.63. The van der Waals surface area contributed by atoms with Crippen molar-refractivity contribution in [3.8, 4) is 11.5 Å². The molecule has 0 bridgehead atoms. The number of rotatable bonds is 7. The maximum atomic E-state index is 9.62. The van der Waals surface area contributed by atoms with Gasteiger partial charge in [0, 0.05) is 0 Å². The Labute approximate surface area is 130 Å². The van der Waals surface area contributed by atoms with Crippen molar-refractivity contribution in [1.29, 1.82) is 0 Å². The van der Waals surface area contributed by atoms with Crippen molar-refractivity contribution in [1.82, 2.24) is 0 Å². The molecular weight excluding hydrogens is 442 g/mol. The van der Waals surface area contributed by atoms with Gasteiger partial charge in [0.2, 0.25) is 0 Å². The first-order valence-corrected chi connectivity index (χ1v) is 8.38. The molecule has 96 valence electrons. The van der Waals surface area contributed by atoms with Gasteiger partial charge >= 0.3 is 0 Å². The number of unbranched alkanes of at least 4 members (excludes halogenated alkanes) is 3. The number of alkyl halides is 2. The van der Waals surface area contributed by atoms with E-state index < -0.39 is 0 Å². The lowest BCUT2D eigenvalue weighted by molar-refractivity contribution is 0.398. The van der Waals surface area contributed by atoms with Gasteiger partial charge in [0.25, 0.3) is 0 Å². The lowest BCUT2D eigenvalue weighted by Crippen LogP contribution is -1.89. The van der Waals surface area contributed by atoms with Gasteiger partial charge in [-0.15, -0.1) is 0 Å². The Hall–Kier alpha value is 0.280. The molecule has 0 saturated carbocycles. The predicted octanol–water partition coefficient (Wildman–Crippen LogP) is 4.79. The normalized spacial score (nSPS) is 11.0. The zero-order valence-corrected chi connectivity index (χ0v) is 14.0. The highest BCUT2D eigenvalue weighted by molar-refractivity contribution is 14.2. The number of benzene rings is 1. The van der Waals surface area contributed by atoms with Gasteiger partial charge in [0.05, 0.1) is 1.93 Å². The van der Waals surface area contributed by atoms with Crippen molar-refractivity contribution in [3.05, 3.63) is 23.8 Å². The molecular formula is C13H18I2O2. The lowest BCUT2D eigenvalue weighted by atomic mass is 10.0. The van der Waals surface area contributed by atoms with Crippen LogP contribution in [0.5, 0.6) is 11.5 Å². The summed E-state index contributed by atoms with van der Waals surface area (Å²) in [7, 11) is 0. The Kier molecular flexibility index (Phi) is 7.57. The van der Waals surface area contributed by atoms with Gasteiger partial charge in [-0.3, -0.25) is 0 Å². The highest BCUT2D eigenvalue weighted by Crippen LogP contribution is 2.29. The zero-order chi connectivity index (χ0) is 12.7. The summed E-state index contributed by atoms with van der Waals surface area (Å²) < 4.78 is 0.736. The molecule has 0 heterocycles. The number of aryl methyl sites for hydroxylation is 1. The first-order chi connectivity index (χ1) is 8.11. The molecule has 2 nitrogen and oxygen atoms in total. The maximum absolute atomic E-state index is 9.62. The Balaban J connectivity index is 2.20. The molecule has 0 aliphatic rings. The van der Waals surface area contributed by atoms with E-state index in [9.17, 15) is 10.2 Å². The molecule has 0 spiro atoms. The second-order valence-corrected chi connectivity index (χ2v) is 9.52. The van der Waals surface area contributed by atoms with Crippen molar-refractivity contribution in [3.63, 3.8) is 0 Å². The third kappa shape index (κ3) is 6.13. The van der Waals surface area contributed by atoms with E-state index in [0.29, 0.717) is 0 Å². The van der Waals surface area contributed by atoms with Crippen LogP contribution in [-0.4, -0.2) is 12.1 Å². The number of halogens is 2. The van der Waals surface area contributed by atoms with E-state index in [4.69, 9.17) is 0 Å². The molecule has 0 aliphatic heterocycles. The van der Waals surface area contributed by atoms with Gasteiger partial charge in [-0.2, -0.15) is 0 Å². The molecule has 0 fully saturated rings. The van der Waals surface area contributed by atoms with Crippen molar-refractivity contribution >= 4 is 45.2 Å². The van der Waals surface area contributed by atoms with Crippen LogP contribution in [0.25, 0.3) is 0 Å². The van der Waals surface area contributed by atoms with E-state index in [1.165, 1.54) is 31.7 Å². The van der Waals surface area contributed by atoms with Crippen LogP contribution in [0.15, 0.2) is 18.2 Å². The van der Waals surface area contributed by atoms with Gasteiger partial charge < -0.3 is 10.2 Å². The summed E-state index contributed by atoms with van der Waals surface area (Å²) in [6, 6.07) is 5.17. The van der Waals surface area contributed by atoms with Crippen LogP contribution < -0.4 is 0 Å². The topological polar surface area (TPSA) is 40.5 Å². The smallest absolute Gasteiger partial charge is 0.160 e. The molecule has 0 atom stereocenters. The molecule has 0 aliphatic carbocycles. The number of para-hydroxylation sites is 1. The fourth-order valence-electron chi connectivity index (χ4n) is 1.75. The van der Waals surface area contributed by atoms with Crippen LogP contribution in [0.4, 0.5) is 0 Å². The average molecular weight is 460 g/mol. The minimum absolute atomic E-state index is 0.0137. The molecule has 0 unspecified atom stereocenters. The van der Waals surface area contributed by atoms with Crippen LogP contribution in [0.2, 0.25) is 0 Å². The van der Waals surface area contributed by atoms with Crippen molar-refractivity contribution in [2.45, 2.75) is 40.5 Å². The second-order valence-electron chi connectivity index (χ2n) is 4.13. The lowest BCUT2D eigenvalue weighted by Gasteiger charge is -2.06. The van der Waals surface area contributed by atoms with Gasteiger partial charge in [-0.1, -0.05) is 76.6 Å². The Bertz CT molecular complexity index is 340. The number of hydrogen-bond donors (Lipinski definition) is 2. The molecule has 0 saturated heterocycles. The molecule has 17 heavy (non-hydrogen) atoms. The van der Waals surface area contributed by atoms with E-state index in [1.807, 2.05) is 6.07 Å². The van der Waals surface area contributed by atoms with E-state index >= 15 is 0 Å². The number of phenolic OH excluding ortho intramolecular Hbond substituents is 2. The van der Waals surface area contributed by atoms with Crippen molar-refractivity contribution < 1.29 is 10.2 Å². The molecule has 4 heteroatoms. The second kappa shape index (κ2) is 8.39. The van der Waals surface area contributed by atoms with Crippen LogP contribution in [0.1, 0.15) is 37.7 Å². The van der Waals surface area contributed by atoms with E-state index in [0.717, 1.165) is 20.3 Å². The van der Waals surface area contributed by atoms with Crippen LogP contribution in [0.3, 0.4) is 0 Å². The molecule has 1 rings (SSSR count). The number of hydrogen-bond acceptors (Lipinski definition) is 2. The number of aromatic hydroxyl groups is 2. The van der Waals surface area contributed by atoms with Crippen molar-refractivity contribution in [2.24, 2.45) is 0 Å². The quantitative estimate of drug-likeness (QED) is 0.266. The average Bonchev–Trinajstić information content (AvgIpc) is 2.28. The molecule has 0 aromatic heterocycles. The molecule has 1 aromatic rings. The van der Waals surface area contributed by atoms with Gasteiger partial charge in [0.1, 0.15) is 0 Å². The molecule has 1 aromatic carbocycles. The van der Waals surface area contributed by atoms with Crippen LogP contribution >= 0.6 is 45.2 Å². The van der Waals surface area contributed by atoms with Crippen molar-refractivity contribution in [2.75, 3.05) is 0 Å². The molecule has 2 N–H and O–H groups in total. The summed E-state index contributed by atoms with van der Waals surface area (Å²) in [6.45, 7) is 0. The Morgan fingerprint density at radius 3 is 2.41 bits per heavy atom. The maximum Gasteiger partial charge on any atom is 0.160 e. The fraction of sp³-hybridized carbons (Fsp3) is 0.538. The largest absolute Gasteiger partial charge is 0.504 e. The zero-order valence-electron chi connectivity index (χ0n) is 9.70. The van der Waals surface area contributed by atoms with Gasteiger partial charge in [-0.05, 0) is 30.9 Å². The summed E-state index contributed by atoms with van der Waals surface area (Å²) in [4.78, 5) is 0. The Morgan fingerprint density at radius 2 is 1.71 bits per heavy atom. The predicted molar refractivity (Wildman–Crippen MR) is 88.4 cm³/mol. The first-order valence-electron chi connectivity index (χ1n) is 5.89. The summed E-state index contributed by atoms with van der Waals surface area (Å²) >= 11 is 4.89. The van der Waals surface area contributed by atoms with E-state index in [-0.39, 0.29) is 11.5 Å². The van der Waals surface area contributed by atoms with Crippen LogP contribution in [0, 0.1) is 0 Å². The SMILES string of the molecule is Oc1cccc(CCCCCCC(I)I)c1O. The first kappa shape index (κ1) is 15.3. The summed E-state index contributed by atoms with van der Waals surface area (Å²) in [6.07, 6.45) is 6.92. The third-order valence-corrected chi connectivity index (χ3v) is 3.96. The molecule has 0 radical (unpaired) electrons. The van der Waals surface area contributed by atoms with Crippen LogP contribution in [-0.2, 0) is 6.42 Å². The standard InChI is InChI=1S/C13H18I2O2/c14-12(15)9-4-2-1-3-6-10-7-5-8-11(16)13(10)17/h5,7-8,12,16-17H,1-4,6,9H2. The van der Waals surface area contributed by atoms with Gasteiger partial charge in [0.15, 0.2) is 11.5 Å². The minimum atomic E-state index is -0.0137. The van der Waals surface area contributed by atoms with E-state index in [1.54, 1.807) is 6.07 Å². The summed E-state index contributed by atoms with van der Waals surface area (Å²) in [5.41, 5.74) is 0.852. The minimum Gasteiger partial charge on any atom is -0.504 e. The van der Waals surface area contributed by atoms with E-state index in [2.05, 4.69) is 45.2 Å². The molecule has 0 amide bonds. The third-order valence-electron chi connectivity index (χ3n) is 2.72. The summed E-state index contributed by atoms with van der Waals surface area (Å²) in [5, 5.41) is 19.0. The highest BCUT2D eigenvalue weighted by atomic mass is 127. The monoisotopic (exact) mass is 460 g/mol. The highest BCUT2D eigenvalue weighted by Gasteiger charge is 2.05. The Morgan fingerprint density at radius 1 is 1.00 bits per heavy atom. The summed E-state index contributed by atoms with van der Waals surface area (Å²) in [5.74, 6) is 0.0345. The van der Waals surface area contributed by atoms with Gasteiger partial charge in [-0.25, -0.2) is 0 Å². The number of phenols is 2.